The summed E-state index contributed by atoms with van der Waals surface area (Å²) in [5, 5.41) is 5.15. The Morgan fingerprint density at radius 1 is 0.889 bits per heavy atom. The first-order valence-electron chi connectivity index (χ1n) is 8.80. The summed E-state index contributed by atoms with van der Waals surface area (Å²) in [6, 6.07) is 17.2. The van der Waals surface area contributed by atoms with Gasteiger partial charge in [-0.15, -0.1) is 0 Å². The van der Waals surface area contributed by atoms with Crippen LogP contribution in [-0.2, 0) is 6.54 Å². The van der Waals surface area contributed by atoms with Crippen LogP contribution in [0.2, 0.25) is 0 Å². The number of fused-ring (bicyclic) bond motifs is 1. The first-order chi connectivity index (χ1) is 13.1. The highest BCUT2D eigenvalue weighted by molar-refractivity contribution is 5.95. The molecule has 27 heavy (non-hydrogen) atoms. The van der Waals surface area contributed by atoms with Crippen molar-refractivity contribution in [2.75, 3.05) is 20.8 Å². The molecule has 0 saturated heterocycles. The summed E-state index contributed by atoms with van der Waals surface area (Å²) in [7, 11) is 3.21. The van der Waals surface area contributed by atoms with Crippen molar-refractivity contribution in [2.45, 2.75) is 13.5 Å². The van der Waals surface area contributed by atoms with Gasteiger partial charge in [-0.05, 0) is 59.7 Å². The fourth-order valence-corrected chi connectivity index (χ4v) is 2.88. The highest BCUT2D eigenvalue weighted by Gasteiger charge is 2.11. The minimum absolute atomic E-state index is 0.161. The quantitative estimate of drug-likeness (QED) is 0.682. The van der Waals surface area contributed by atoms with Crippen LogP contribution in [0.4, 0.5) is 0 Å². The molecule has 0 heterocycles. The van der Waals surface area contributed by atoms with Crippen molar-refractivity contribution in [1.82, 2.24) is 5.32 Å². The number of hydrogen-bond donors (Lipinski definition) is 1. The molecule has 1 N–H and O–H groups in total. The Morgan fingerprint density at radius 2 is 1.67 bits per heavy atom. The van der Waals surface area contributed by atoms with Crippen LogP contribution in [0.25, 0.3) is 10.8 Å². The van der Waals surface area contributed by atoms with E-state index in [2.05, 4.69) is 11.4 Å². The Kier molecular flexibility index (Phi) is 5.81. The van der Waals surface area contributed by atoms with E-state index >= 15 is 0 Å². The Labute approximate surface area is 158 Å². The molecule has 3 rings (SSSR count). The molecule has 5 nitrogen and oxygen atoms in total. The van der Waals surface area contributed by atoms with E-state index in [1.165, 1.54) is 0 Å². The zero-order valence-corrected chi connectivity index (χ0v) is 15.7. The highest BCUT2D eigenvalue weighted by atomic mass is 16.5. The first kappa shape index (κ1) is 18.6. The van der Waals surface area contributed by atoms with Gasteiger partial charge in [0.25, 0.3) is 5.91 Å². The number of carbonyl (C=O) groups excluding carboxylic acids is 1. The van der Waals surface area contributed by atoms with E-state index in [0.717, 1.165) is 22.1 Å². The van der Waals surface area contributed by atoms with E-state index in [9.17, 15) is 4.79 Å². The van der Waals surface area contributed by atoms with Gasteiger partial charge < -0.3 is 19.5 Å². The maximum Gasteiger partial charge on any atom is 0.251 e. The average Bonchev–Trinajstić information content (AvgIpc) is 2.71. The van der Waals surface area contributed by atoms with E-state index in [0.29, 0.717) is 30.2 Å². The highest BCUT2D eigenvalue weighted by Crippen LogP contribution is 2.28. The lowest BCUT2D eigenvalue weighted by molar-refractivity contribution is 0.0950. The molecule has 140 valence electrons. The largest absolute Gasteiger partial charge is 0.497 e. The third-order valence-corrected chi connectivity index (χ3v) is 4.29. The van der Waals surface area contributed by atoms with Gasteiger partial charge in [0, 0.05) is 12.1 Å². The second kappa shape index (κ2) is 8.45. The molecular weight excluding hydrogens is 342 g/mol. The van der Waals surface area contributed by atoms with Crippen LogP contribution >= 0.6 is 0 Å². The minimum Gasteiger partial charge on any atom is -0.497 e. The number of nitrogens with one attached hydrogen (secondary N) is 1. The van der Waals surface area contributed by atoms with Crippen molar-refractivity contribution in [3.05, 3.63) is 65.7 Å². The molecule has 0 spiro atoms. The van der Waals surface area contributed by atoms with Gasteiger partial charge in [0.05, 0.1) is 20.8 Å². The SMILES string of the molecule is CCOc1ccc(C(=O)NCc2ccc3cc(OC)ccc3c2)cc1OC. The van der Waals surface area contributed by atoms with Crippen LogP contribution in [-0.4, -0.2) is 26.7 Å². The summed E-state index contributed by atoms with van der Waals surface area (Å²) in [6.07, 6.45) is 0. The number of carbonyl (C=O) groups is 1. The topological polar surface area (TPSA) is 56.8 Å². The summed E-state index contributed by atoms with van der Waals surface area (Å²) >= 11 is 0. The van der Waals surface area contributed by atoms with Gasteiger partial charge in [0.1, 0.15) is 5.75 Å². The maximum absolute atomic E-state index is 12.5. The maximum atomic E-state index is 12.5. The summed E-state index contributed by atoms with van der Waals surface area (Å²) in [5.74, 6) is 1.84. The summed E-state index contributed by atoms with van der Waals surface area (Å²) in [5.41, 5.74) is 1.56. The second-order valence-electron chi connectivity index (χ2n) is 6.03. The molecular formula is C22H23NO4. The lowest BCUT2D eigenvalue weighted by Crippen LogP contribution is -2.22. The van der Waals surface area contributed by atoms with Crippen molar-refractivity contribution < 1.29 is 19.0 Å². The molecule has 0 fully saturated rings. The Hall–Kier alpha value is -3.21. The van der Waals surface area contributed by atoms with E-state index < -0.39 is 0 Å². The monoisotopic (exact) mass is 365 g/mol. The molecule has 0 saturated carbocycles. The molecule has 1 amide bonds. The van der Waals surface area contributed by atoms with Crippen molar-refractivity contribution in [3.8, 4) is 17.2 Å². The number of hydrogen-bond acceptors (Lipinski definition) is 4. The standard InChI is InChI=1S/C22H23NO4/c1-4-27-20-10-8-18(13-21(20)26-3)22(24)23-14-15-5-6-17-12-19(25-2)9-7-16(17)11-15/h5-13H,4,14H2,1-3H3,(H,23,24). The second-order valence-corrected chi connectivity index (χ2v) is 6.03. The van der Waals surface area contributed by atoms with Crippen molar-refractivity contribution in [3.63, 3.8) is 0 Å². The molecule has 0 unspecified atom stereocenters. The Bertz CT molecular complexity index is 952. The van der Waals surface area contributed by atoms with Gasteiger partial charge >= 0.3 is 0 Å². The van der Waals surface area contributed by atoms with Crippen LogP contribution < -0.4 is 19.5 Å². The summed E-state index contributed by atoms with van der Waals surface area (Å²) in [4.78, 5) is 12.5. The van der Waals surface area contributed by atoms with Crippen molar-refractivity contribution >= 4 is 16.7 Å². The van der Waals surface area contributed by atoms with E-state index in [1.54, 1.807) is 32.4 Å². The molecule has 0 aromatic heterocycles. The van der Waals surface area contributed by atoms with Crippen molar-refractivity contribution in [2.24, 2.45) is 0 Å². The molecule has 0 atom stereocenters. The number of amides is 1. The zero-order chi connectivity index (χ0) is 19.2. The van der Waals surface area contributed by atoms with Gasteiger partial charge in [-0.2, -0.15) is 0 Å². The van der Waals surface area contributed by atoms with E-state index in [4.69, 9.17) is 14.2 Å². The van der Waals surface area contributed by atoms with E-state index in [1.807, 2.05) is 37.3 Å². The number of methoxy groups -OCH3 is 2. The molecule has 0 aliphatic rings. The van der Waals surface area contributed by atoms with Crippen molar-refractivity contribution in [1.29, 1.82) is 0 Å². The Balaban J connectivity index is 1.70. The molecule has 0 aliphatic heterocycles. The van der Waals surface area contributed by atoms with Gasteiger partial charge in [-0.25, -0.2) is 0 Å². The van der Waals surface area contributed by atoms with Crippen LogP contribution in [0, 0.1) is 0 Å². The average molecular weight is 365 g/mol. The first-order valence-corrected chi connectivity index (χ1v) is 8.80. The van der Waals surface area contributed by atoms with Gasteiger partial charge in [0.2, 0.25) is 0 Å². The fourth-order valence-electron chi connectivity index (χ4n) is 2.88. The van der Waals surface area contributed by atoms with Crippen LogP contribution in [0.15, 0.2) is 54.6 Å². The number of ether oxygens (including phenoxy) is 3. The molecule has 3 aromatic rings. The van der Waals surface area contributed by atoms with Gasteiger partial charge in [-0.1, -0.05) is 18.2 Å². The van der Waals surface area contributed by atoms with Crippen LogP contribution in [0.5, 0.6) is 17.2 Å². The molecule has 0 radical (unpaired) electrons. The van der Waals surface area contributed by atoms with Gasteiger partial charge in [-0.3, -0.25) is 4.79 Å². The van der Waals surface area contributed by atoms with Crippen LogP contribution in [0.3, 0.4) is 0 Å². The molecule has 5 heteroatoms. The molecule has 0 bridgehead atoms. The predicted octanol–water partition coefficient (Wildman–Crippen LogP) is 4.19. The third-order valence-electron chi connectivity index (χ3n) is 4.29. The minimum atomic E-state index is -0.161. The predicted molar refractivity (Wildman–Crippen MR) is 106 cm³/mol. The van der Waals surface area contributed by atoms with Gasteiger partial charge in [0.15, 0.2) is 11.5 Å². The lowest BCUT2D eigenvalue weighted by atomic mass is 10.1. The molecule has 3 aromatic carbocycles. The molecule has 0 aliphatic carbocycles. The summed E-state index contributed by atoms with van der Waals surface area (Å²) in [6.45, 7) is 2.88. The number of benzene rings is 3. The normalized spacial score (nSPS) is 10.5. The fraction of sp³-hybridized carbons (Fsp3) is 0.227. The van der Waals surface area contributed by atoms with E-state index in [-0.39, 0.29) is 5.91 Å². The Morgan fingerprint density at radius 3 is 2.41 bits per heavy atom. The lowest BCUT2D eigenvalue weighted by Gasteiger charge is -2.11. The summed E-state index contributed by atoms with van der Waals surface area (Å²) < 4.78 is 16.0. The smallest absolute Gasteiger partial charge is 0.251 e. The number of rotatable bonds is 7. The van der Waals surface area contributed by atoms with Crippen LogP contribution in [0.1, 0.15) is 22.8 Å². The zero-order valence-electron chi connectivity index (χ0n) is 15.7. The third kappa shape index (κ3) is 4.31.